The van der Waals surface area contributed by atoms with Crippen LogP contribution in [0.25, 0.3) is 0 Å². The molecule has 2 aliphatic rings. The van der Waals surface area contributed by atoms with Gasteiger partial charge in [0.25, 0.3) is 0 Å². The number of hydrogen-bond donors (Lipinski definition) is 2. The highest BCUT2D eigenvalue weighted by Crippen LogP contribution is 2.17. The van der Waals surface area contributed by atoms with Crippen molar-refractivity contribution in [3.8, 4) is 0 Å². The molecule has 0 radical (unpaired) electrons. The van der Waals surface area contributed by atoms with Crippen LogP contribution in [-0.4, -0.2) is 55.0 Å². The van der Waals surface area contributed by atoms with E-state index in [1.807, 2.05) is 30.1 Å². The largest absolute Gasteiger partial charge is 0.352 e. The third-order valence-corrected chi connectivity index (χ3v) is 5.32. The lowest BCUT2D eigenvalue weighted by Crippen LogP contribution is -2.45. The van der Waals surface area contributed by atoms with Crippen LogP contribution in [0.15, 0.2) is 29.3 Å². The summed E-state index contributed by atoms with van der Waals surface area (Å²) in [4.78, 5) is 20.9. The number of nitrogens with one attached hydrogen (secondary N) is 2. The Balaban J connectivity index is 0.00000261. The van der Waals surface area contributed by atoms with Gasteiger partial charge in [-0.15, -0.1) is 24.0 Å². The van der Waals surface area contributed by atoms with Gasteiger partial charge in [0.2, 0.25) is 0 Å². The number of benzene rings is 1. The number of amides is 2. The zero-order valence-corrected chi connectivity index (χ0v) is 18.7. The summed E-state index contributed by atoms with van der Waals surface area (Å²) >= 11 is 0. The molecule has 7 heteroatoms. The van der Waals surface area contributed by atoms with E-state index in [0.29, 0.717) is 6.54 Å². The molecule has 0 spiro atoms. The van der Waals surface area contributed by atoms with Crippen molar-refractivity contribution in [1.29, 1.82) is 0 Å². The van der Waals surface area contributed by atoms with Crippen molar-refractivity contribution in [2.75, 3.05) is 38.5 Å². The molecule has 2 amide bonds. The minimum Gasteiger partial charge on any atom is -0.352 e. The summed E-state index contributed by atoms with van der Waals surface area (Å²) in [5, 5.41) is 6.47. The Morgan fingerprint density at radius 1 is 1.15 bits per heavy atom. The number of piperidine rings is 1. The van der Waals surface area contributed by atoms with Gasteiger partial charge < -0.3 is 20.4 Å². The van der Waals surface area contributed by atoms with Crippen LogP contribution >= 0.6 is 24.0 Å². The Hall–Kier alpha value is -1.51. The molecule has 0 aromatic heterocycles. The molecule has 2 aliphatic heterocycles. The molecule has 1 aromatic rings. The maximum atomic E-state index is 12.2. The van der Waals surface area contributed by atoms with E-state index in [1.165, 1.54) is 12.8 Å². The maximum absolute atomic E-state index is 12.2. The fourth-order valence-electron chi connectivity index (χ4n) is 3.62. The molecule has 2 fully saturated rings. The SMILES string of the molecule is CN=C(NCc1cccc(NC(=O)N2CCCC2)c1)N1CCC(C)CC1.I. The molecule has 1 aromatic carbocycles. The van der Waals surface area contributed by atoms with Gasteiger partial charge in [-0.2, -0.15) is 0 Å². The Morgan fingerprint density at radius 3 is 2.52 bits per heavy atom. The van der Waals surface area contributed by atoms with Crippen LogP contribution in [0.2, 0.25) is 0 Å². The molecule has 150 valence electrons. The van der Waals surface area contributed by atoms with Gasteiger partial charge in [0.15, 0.2) is 5.96 Å². The standard InChI is InChI=1S/C20H31N5O.HI/c1-16-8-12-24(13-9-16)19(21-2)22-15-17-6-5-7-18(14-17)23-20(26)25-10-3-4-11-25;/h5-7,14,16H,3-4,8-13,15H2,1-2H3,(H,21,22)(H,23,26);1H. The van der Waals surface area contributed by atoms with Crippen LogP contribution in [0.3, 0.4) is 0 Å². The first-order chi connectivity index (χ1) is 12.7. The van der Waals surface area contributed by atoms with E-state index >= 15 is 0 Å². The van der Waals surface area contributed by atoms with Gasteiger partial charge in [-0.25, -0.2) is 4.79 Å². The summed E-state index contributed by atoms with van der Waals surface area (Å²) < 4.78 is 0. The highest BCUT2D eigenvalue weighted by molar-refractivity contribution is 14.0. The second-order valence-electron chi connectivity index (χ2n) is 7.40. The number of hydrogen-bond acceptors (Lipinski definition) is 2. The first-order valence-corrected chi connectivity index (χ1v) is 9.76. The van der Waals surface area contributed by atoms with E-state index in [4.69, 9.17) is 0 Å². The fraction of sp³-hybridized carbons (Fsp3) is 0.600. The molecule has 3 rings (SSSR count). The number of anilines is 1. The number of carbonyl (C=O) groups excluding carboxylic acids is 1. The summed E-state index contributed by atoms with van der Waals surface area (Å²) in [5.74, 6) is 1.77. The topological polar surface area (TPSA) is 60.0 Å². The number of carbonyl (C=O) groups is 1. The predicted octanol–water partition coefficient (Wildman–Crippen LogP) is 3.74. The lowest BCUT2D eigenvalue weighted by atomic mass is 9.99. The van der Waals surface area contributed by atoms with E-state index in [2.05, 4.69) is 33.5 Å². The van der Waals surface area contributed by atoms with Crippen molar-refractivity contribution in [3.05, 3.63) is 29.8 Å². The van der Waals surface area contributed by atoms with Crippen molar-refractivity contribution in [2.24, 2.45) is 10.9 Å². The number of halogens is 1. The number of guanidine groups is 1. The molecular weight excluding hydrogens is 453 g/mol. The van der Waals surface area contributed by atoms with Crippen LogP contribution < -0.4 is 10.6 Å². The fourth-order valence-corrected chi connectivity index (χ4v) is 3.62. The van der Waals surface area contributed by atoms with Crippen molar-refractivity contribution >= 4 is 41.7 Å². The molecule has 2 heterocycles. The number of rotatable bonds is 3. The molecule has 0 atom stereocenters. The average Bonchev–Trinajstić information content (AvgIpc) is 3.19. The Morgan fingerprint density at radius 2 is 1.85 bits per heavy atom. The predicted molar refractivity (Wildman–Crippen MR) is 122 cm³/mol. The lowest BCUT2D eigenvalue weighted by molar-refractivity contribution is 0.222. The normalized spacial score (nSPS) is 18.2. The highest BCUT2D eigenvalue weighted by Gasteiger charge is 2.19. The maximum Gasteiger partial charge on any atom is 0.321 e. The van der Waals surface area contributed by atoms with Gasteiger partial charge in [0, 0.05) is 45.5 Å². The van der Waals surface area contributed by atoms with E-state index < -0.39 is 0 Å². The molecule has 0 saturated carbocycles. The summed E-state index contributed by atoms with van der Waals surface area (Å²) in [6.07, 6.45) is 4.65. The first-order valence-electron chi connectivity index (χ1n) is 9.76. The monoisotopic (exact) mass is 485 g/mol. The minimum atomic E-state index is 0. The van der Waals surface area contributed by atoms with Crippen LogP contribution in [0, 0.1) is 5.92 Å². The van der Waals surface area contributed by atoms with Crippen LogP contribution in [-0.2, 0) is 6.54 Å². The molecule has 6 nitrogen and oxygen atoms in total. The van der Waals surface area contributed by atoms with Crippen LogP contribution in [0.4, 0.5) is 10.5 Å². The number of likely N-dealkylation sites (tertiary alicyclic amines) is 2. The molecule has 2 saturated heterocycles. The third kappa shape index (κ3) is 6.26. The van der Waals surface area contributed by atoms with Gasteiger partial charge in [0.1, 0.15) is 0 Å². The van der Waals surface area contributed by atoms with Crippen molar-refractivity contribution in [2.45, 2.75) is 39.2 Å². The van der Waals surface area contributed by atoms with E-state index in [0.717, 1.165) is 62.1 Å². The summed E-state index contributed by atoms with van der Waals surface area (Å²) in [6, 6.07) is 8.04. The number of urea groups is 1. The second kappa shape index (κ2) is 10.7. The van der Waals surface area contributed by atoms with Crippen molar-refractivity contribution < 1.29 is 4.79 Å². The zero-order chi connectivity index (χ0) is 18.4. The molecule has 0 aliphatic carbocycles. The average molecular weight is 485 g/mol. The van der Waals surface area contributed by atoms with E-state index in [-0.39, 0.29) is 30.0 Å². The van der Waals surface area contributed by atoms with Gasteiger partial charge in [-0.05, 0) is 49.3 Å². The zero-order valence-electron chi connectivity index (χ0n) is 16.4. The molecule has 0 unspecified atom stereocenters. The third-order valence-electron chi connectivity index (χ3n) is 5.32. The van der Waals surface area contributed by atoms with Crippen LogP contribution in [0.1, 0.15) is 38.2 Å². The van der Waals surface area contributed by atoms with Gasteiger partial charge >= 0.3 is 6.03 Å². The Kier molecular flexibility index (Phi) is 8.66. The van der Waals surface area contributed by atoms with Gasteiger partial charge in [-0.3, -0.25) is 4.99 Å². The number of aliphatic imine (C=N–C) groups is 1. The second-order valence-corrected chi connectivity index (χ2v) is 7.40. The summed E-state index contributed by atoms with van der Waals surface area (Å²) in [6.45, 7) is 6.86. The first kappa shape index (κ1) is 21.8. The van der Waals surface area contributed by atoms with Gasteiger partial charge in [0.05, 0.1) is 0 Å². The lowest BCUT2D eigenvalue weighted by Gasteiger charge is -2.33. The molecule has 0 bridgehead atoms. The summed E-state index contributed by atoms with van der Waals surface area (Å²) in [5.41, 5.74) is 1.98. The summed E-state index contributed by atoms with van der Waals surface area (Å²) in [7, 11) is 1.84. The molecule has 27 heavy (non-hydrogen) atoms. The van der Waals surface area contributed by atoms with Crippen molar-refractivity contribution in [1.82, 2.24) is 15.1 Å². The number of nitrogens with zero attached hydrogens (tertiary/aromatic N) is 3. The van der Waals surface area contributed by atoms with E-state index in [9.17, 15) is 4.79 Å². The molecular formula is C20H32IN5O. The minimum absolute atomic E-state index is 0. The van der Waals surface area contributed by atoms with Crippen molar-refractivity contribution in [3.63, 3.8) is 0 Å². The van der Waals surface area contributed by atoms with Gasteiger partial charge in [-0.1, -0.05) is 19.1 Å². The highest BCUT2D eigenvalue weighted by atomic mass is 127. The smallest absolute Gasteiger partial charge is 0.321 e. The Labute approximate surface area is 179 Å². The van der Waals surface area contributed by atoms with Crippen LogP contribution in [0.5, 0.6) is 0 Å². The quantitative estimate of drug-likeness (QED) is 0.390. The molecule has 2 N–H and O–H groups in total. The van der Waals surface area contributed by atoms with E-state index in [1.54, 1.807) is 0 Å². The Bertz CT molecular complexity index is 637.